The molecule has 0 atom stereocenters. The standard InChI is InChI=1S/C45H33NOS/c1-2-12-29(13-3-1)31-16-10-17-32(26-31)46(33-24-25-43-38(27-33)36-19-8-9-23-42(36)48-43)40-28-39-44-34(30-14-4-5-15-30)21-11-22-41(44)47-45(39)37-20-7-6-18-35(37)40/h1-3,6-13,16-28,30H,4-5,14-15H2. The van der Waals surface area contributed by atoms with Gasteiger partial charge in [0.05, 0.1) is 5.69 Å². The predicted molar refractivity (Wildman–Crippen MR) is 205 cm³/mol. The minimum absolute atomic E-state index is 0.581. The van der Waals surface area contributed by atoms with Crippen molar-refractivity contribution in [1.82, 2.24) is 0 Å². The molecule has 7 aromatic carbocycles. The quantitative estimate of drug-likeness (QED) is 0.187. The number of anilines is 3. The average Bonchev–Trinajstić information content (AvgIpc) is 3.90. The van der Waals surface area contributed by atoms with Crippen LogP contribution in [0.4, 0.5) is 17.1 Å². The van der Waals surface area contributed by atoms with Gasteiger partial charge in [-0.3, -0.25) is 0 Å². The molecule has 2 heterocycles. The van der Waals surface area contributed by atoms with Gasteiger partial charge in [-0.05, 0) is 84.0 Å². The van der Waals surface area contributed by atoms with Crippen molar-refractivity contribution < 1.29 is 4.42 Å². The lowest BCUT2D eigenvalue weighted by Crippen LogP contribution is -2.10. The number of nitrogens with zero attached hydrogens (tertiary/aromatic N) is 1. The van der Waals surface area contributed by atoms with E-state index in [1.807, 2.05) is 11.3 Å². The van der Waals surface area contributed by atoms with Gasteiger partial charge in [0.1, 0.15) is 11.2 Å². The monoisotopic (exact) mass is 635 g/mol. The summed E-state index contributed by atoms with van der Waals surface area (Å²) in [5.74, 6) is 0.581. The number of rotatable bonds is 5. The highest BCUT2D eigenvalue weighted by atomic mass is 32.1. The van der Waals surface area contributed by atoms with Gasteiger partial charge >= 0.3 is 0 Å². The lowest BCUT2D eigenvalue weighted by Gasteiger charge is -2.28. The van der Waals surface area contributed by atoms with Crippen LogP contribution in [-0.2, 0) is 0 Å². The summed E-state index contributed by atoms with van der Waals surface area (Å²) < 4.78 is 9.39. The summed E-state index contributed by atoms with van der Waals surface area (Å²) in [5.41, 5.74) is 9.24. The van der Waals surface area contributed by atoms with Crippen molar-refractivity contribution in [2.24, 2.45) is 0 Å². The maximum Gasteiger partial charge on any atom is 0.143 e. The minimum Gasteiger partial charge on any atom is -0.455 e. The zero-order valence-electron chi connectivity index (χ0n) is 26.5. The Bertz CT molecular complexity index is 2640. The van der Waals surface area contributed by atoms with Crippen LogP contribution in [-0.4, -0.2) is 0 Å². The molecule has 48 heavy (non-hydrogen) atoms. The molecular weight excluding hydrogens is 603 g/mol. The molecule has 9 aromatic rings. The van der Waals surface area contributed by atoms with Crippen molar-refractivity contribution in [3.05, 3.63) is 151 Å². The number of thiophene rings is 1. The van der Waals surface area contributed by atoms with E-state index in [0.717, 1.165) is 33.6 Å². The van der Waals surface area contributed by atoms with Crippen molar-refractivity contribution in [1.29, 1.82) is 0 Å². The van der Waals surface area contributed by atoms with Gasteiger partial charge in [0.2, 0.25) is 0 Å². The number of hydrogen-bond donors (Lipinski definition) is 0. The predicted octanol–water partition coefficient (Wildman–Crippen LogP) is 13.9. The third kappa shape index (κ3) is 4.38. The molecule has 1 aliphatic carbocycles. The van der Waals surface area contributed by atoms with Crippen LogP contribution in [0, 0.1) is 0 Å². The smallest absolute Gasteiger partial charge is 0.143 e. The molecule has 1 fully saturated rings. The Balaban J connectivity index is 1.29. The molecular formula is C45H33NOS. The Hall–Kier alpha value is -5.38. The fraction of sp³-hybridized carbons (Fsp3) is 0.111. The van der Waals surface area contributed by atoms with Gasteiger partial charge in [-0.15, -0.1) is 11.3 Å². The summed E-state index contributed by atoms with van der Waals surface area (Å²) in [4.78, 5) is 2.47. The Morgan fingerprint density at radius 2 is 1.23 bits per heavy atom. The van der Waals surface area contributed by atoms with Crippen LogP contribution in [0.25, 0.3) is 64.0 Å². The van der Waals surface area contributed by atoms with Crippen LogP contribution in [0.5, 0.6) is 0 Å². The number of fused-ring (bicyclic) bond motifs is 8. The average molecular weight is 636 g/mol. The molecule has 0 amide bonds. The molecule has 2 aromatic heterocycles. The summed E-state index contributed by atoms with van der Waals surface area (Å²) in [6, 6.07) is 53.3. The summed E-state index contributed by atoms with van der Waals surface area (Å²) in [6.07, 6.45) is 5.10. The third-order valence-electron chi connectivity index (χ3n) is 10.4. The molecule has 0 bridgehead atoms. The fourth-order valence-electron chi connectivity index (χ4n) is 8.15. The van der Waals surface area contributed by atoms with E-state index < -0.39 is 0 Å². The molecule has 230 valence electrons. The summed E-state index contributed by atoms with van der Waals surface area (Å²) >= 11 is 1.86. The first kappa shape index (κ1) is 27.7. The molecule has 0 aliphatic heterocycles. The zero-order chi connectivity index (χ0) is 31.6. The number of furan rings is 1. The normalized spacial score (nSPS) is 13.8. The molecule has 10 rings (SSSR count). The number of hydrogen-bond acceptors (Lipinski definition) is 3. The van der Waals surface area contributed by atoms with Crippen LogP contribution in [0.15, 0.2) is 150 Å². The van der Waals surface area contributed by atoms with E-state index in [4.69, 9.17) is 4.42 Å². The van der Waals surface area contributed by atoms with Crippen molar-refractivity contribution in [3.8, 4) is 11.1 Å². The van der Waals surface area contributed by atoms with Crippen molar-refractivity contribution in [2.75, 3.05) is 4.90 Å². The van der Waals surface area contributed by atoms with Gasteiger partial charge in [-0.2, -0.15) is 0 Å². The summed E-state index contributed by atoms with van der Waals surface area (Å²) in [6.45, 7) is 0. The van der Waals surface area contributed by atoms with Crippen LogP contribution >= 0.6 is 11.3 Å². The van der Waals surface area contributed by atoms with Crippen molar-refractivity contribution >= 4 is 81.3 Å². The highest BCUT2D eigenvalue weighted by molar-refractivity contribution is 7.25. The third-order valence-corrected chi connectivity index (χ3v) is 11.5. The SMILES string of the molecule is c1ccc(-c2cccc(N(c3ccc4sc5ccccc5c4c3)c3cc4c(oc5cccc(C6CCCC6)c54)c4ccccc34)c2)cc1. The number of benzene rings is 7. The molecule has 0 spiro atoms. The van der Waals surface area contributed by atoms with Gasteiger partial charge in [0.15, 0.2) is 0 Å². The van der Waals surface area contributed by atoms with Crippen LogP contribution in [0.1, 0.15) is 37.2 Å². The Morgan fingerprint density at radius 1 is 0.521 bits per heavy atom. The van der Waals surface area contributed by atoms with E-state index in [1.54, 1.807) is 0 Å². The largest absolute Gasteiger partial charge is 0.455 e. The molecule has 0 saturated heterocycles. The van der Waals surface area contributed by atoms with Gasteiger partial charge in [0.25, 0.3) is 0 Å². The van der Waals surface area contributed by atoms with E-state index in [-0.39, 0.29) is 0 Å². The van der Waals surface area contributed by atoms with Crippen LogP contribution in [0.3, 0.4) is 0 Å². The van der Waals surface area contributed by atoms with E-state index in [9.17, 15) is 0 Å². The van der Waals surface area contributed by atoms with Crippen molar-refractivity contribution in [2.45, 2.75) is 31.6 Å². The fourth-order valence-corrected chi connectivity index (χ4v) is 9.24. The van der Waals surface area contributed by atoms with E-state index in [0.29, 0.717) is 5.92 Å². The Morgan fingerprint density at radius 3 is 2.10 bits per heavy atom. The van der Waals surface area contributed by atoms with E-state index in [1.165, 1.54) is 78.7 Å². The Kier molecular flexibility index (Phi) is 6.41. The van der Waals surface area contributed by atoms with Gasteiger partial charge in [0, 0.05) is 53.1 Å². The van der Waals surface area contributed by atoms with Gasteiger partial charge in [-0.25, -0.2) is 0 Å². The van der Waals surface area contributed by atoms with Crippen molar-refractivity contribution in [3.63, 3.8) is 0 Å². The molecule has 1 saturated carbocycles. The van der Waals surface area contributed by atoms with E-state index in [2.05, 4.69) is 150 Å². The maximum absolute atomic E-state index is 6.77. The first-order valence-electron chi connectivity index (χ1n) is 17.0. The highest BCUT2D eigenvalue weighted by Crippen LogP contribution is 2.48. The summed E-state index contributed by atoms with van der Waals surface area (Å²) in [5, 5.41) is 7.40. The van der Waals surface area contributed by atoms with Crippen LogP contribution in [0.2, 0.25) is 0 Å². The lowest BCUT2D eigenvalue weighted by atomic mass is 9.92. The van der Waals surface area contributed by atoms with Crippen LogP contribution < -0.4 is 4.90 Å². The highest BCUT2D eigenvalue weighted by Gasteiger charge is 2.25. The molecule has 0 unspecified atom stereocenters. The second-order valence-electron chi connectivity index (χ2n) is 13.2. The minimum atomic E-state index is 0.581. The van der Waals surface area contributed by atoms with E-state index >= 15 is 0 Å². The molecule has 3 heteroatoms. The molecule has 0 radical (unpaired) electrons. The first-order valence-corrected chi connectivity index (χ1v) is 17.9. The molecule has 2 nitrogen and oxygen atoms in total. The zero-order valence-corrected chi connectivity index (χ0v) is 27.3. The van der Waals surface area contributed by atoms with Gasteiger partial charge in [-0.1, -0.05) is 110 Å². The van der Waals surface area contributed by atoms with Gasteiger partial charge < -0.3 is 9.32 Å². The second kappa shape index (κ2) is 11.1. The first-order chi connectivity index (χ1) is 23.8. The lowest BCUT2D eigenvalue weighted by molar-refractivity contribution is 0.670. The summed E-state index contributed by atoms with van der Waals surface area (Å²) in [7, 11) is 0. The maximum atomic E-state index is 6.77. The second-order valence-corrected chi connectivity index (χ2v) is 14.2. The molecule has 1 aliphatic rings. The topological polar surface area (TPSA) is 16.4 Å². The Labute approximate surface area is 283 Å². The molecule has 0 N–H and O–H groups in total.